The van der Waals surface area contributed by atoms with Crippen LogP contribution in [0.25, 0.3) is 0 Å². The summed E-state index contributed by atoms with van der Waals surface area (Å²) >= 11 is 0. The fourth-order valence-electron chi connectivity index (χ4n) is 2.20. The largest absolute Gasteiger partial charge is 0.382 e. The molecule has 0 spiro atoms. The van der Waals surface area contributed by atoms with Gasteiger partial charge in [-0.15, -0.1) is 0 Å². The third-order valence-corrected chi connectivity index (χ3v) is 5.43. The van der Waals surface area contributed by atoms with E-state index < -0.39 is 15.6 Å². The minimum absolute atomic E-state index is 0.0325. The van der Waals surface area contributed by atoms with Gasteiger partial charge in [0.25, 0.3) is 0 Å². The Morgan fingerprint density at radius 2 is 2.20 bits per heavy atom. The minimum atomic E-state index is -3.34. The van der Waals surface area contributed by atoms with Gasteiger partial charge in [0.05, 0.1) is 11.9 Å². The van der Waals surface area contributed by atoms with E-state index in [1.807, 2.05) is 20.8 Å². The Labute approximate surface area is 119 Å². The number of nitrogens with zero attached hydrogens (tertiary/aromatic N) is 3. The van der Waals surface area contributed by atoms with E-state index in [0.717, 1.165) is 0 Å². The van der Waals surface area contributed by atoms with E-state index in [9.17, 15) is 13.5 Å². The van der Waals surface area contributed by atoms with E-state index >= 15 is 0 Å². The molecule has 0 aromatic carbocycles. The first-order valence-electron chi connectivity index (χ1n) is 6.69. The van der Waals surface area contributed by atoms with Gasteiger partial charge in [0.1, 0.15) is 11.3 Å². The van der Waals surface area contributed by atoms with Gasteiger partial charge >= 0.3 is 0 Å². The van der Waals surface area contributed by atoms with Crippen LogP contribution in [0.1, 0.15) is 39.3 Å². The Kier molecular flexibility index (Phi) is 3.92. The number of hydrogen-bond acceptors (Lipinski definition) is 5. The van der Waals surface area contributed by atoms with Crippen LogP contribution in [0, 0.1) is 5.41 Å². The molecule has 1 saturated heterocycles. The fraction of sp³-hybridized carbons (Fsp3) is 0.833. The van der Waals surface area contributed by atoms with E-state index in [4.69, 9.17) is 0 Å². The SMILES string of the molecule is CC(C)(C)CCS(=O)(=O)N1CCC(O)(c2cn[nH]n2)C1. The van der Waals surface area contributed by atoms with E-state index in [1.54, 1.807) is 0 Å². The van der Waals surface area contributed by atoms with Crippen molar-refractivity contribution in [2.45, 2.75) is 39.2 Å². The topological polar surface area (TPSA) is 99.2 Å². The lowest BCUT2D eigenvalue weighted by molar-refractivity contribution is 0.0485. The number of aromatic amines is 1. The molecule has 1 atom stereocenters. The van der Waals surface area contributed by atoms with Gasteiger partial charge in [0.15, 0.2) is 0 Å². The van der Waals surface area contributed by atoms with Gasteiger partial charge in [-0.05, 0) is 18.3 Å². The van der Waals surface area contributed by atoms with Gasteiger partial charge in [0.2, 0.25) is 10.0 Å². The van der Waals surface area contributed by atoms with Crippen molar-refractivity contribution in [1.82, 2.24) is 19.7 Å². The molecule has 1 aromatic heterocycles. The number of hydrogen-bond donors (Lipinski definition) is 2. The normalized spacial score (nSPS) is 25.2. The van der Waals surface area contributed by atoms with Gasteiger partial charge in [-0.2, -0.15) is 19.7 Å². The summed E-state index contributed by atoms with van der Waals surface area (Å²) in [6.07, 6.45) is 2.37. The number of rotatable bonds is 4. The molecule has 2 rings (SSSR count). The first kappa shape index (κ1) is 15.4. The molecule has 114 valence electrons. The van der Waals surface area contributed by atoms with Crippen molar-refractivity contribution in [2.75, 3.05) is 18.8 Å². The number of nitrogens with one attached hydrogen (secondary N) is 1. The Hall–Kier alpha value is -0.990. The summed E-state index contributed by atoms with van der Waals surface area (Å²) < 4.78 is 26.0. The molecule has 1 aliphatic rings. The predicted molar refractivity (Wildman–Crippen MR) is 74.3 cm³/mol. The number of sulfonamides is 1. The molecular weight excluding hydrogens is 280 g/mol. The lowest BCUT2D eigenvalue weighted by Gasteiger charge is -2.23. The van der Waals surface area contributed by atoms with Crippen LogP contribution in [0.2, 0.25) is 0 Å². The minimum Gasteiger partial charge on any atom is -0.382 e. The highest BCUT2D eigenvalue weighted by atomic mass is 32.2. The quantitative estimate of drug-likeness (QED) is 0.842. The van der Waals surface area contributed by atoms with Crippen LogP contribution >= 0.6 is 0 Å². The van der Waals surface area contributed by atoms with Crippen molar-refractivity contribution < 1.29 is 13.5 Å². The molecule has 1 unspecified atom stereocenters. The lowest BCUT2D eigenvalue weighted by atomic mass is 9.94. The summed E-state index contributed by atoms with van der Waals surface area (Å²) in [6.45, 7) is 6.40. The average Bonchev–Trinajstić information content (AvgIpc) is 2.95. The summed E-state index contributed by atoms with van der Waals surface area (Å²) in [5.74, 6) is 0.103. The van der Waals surface area contributed by atoms with Crippen LogP contribution in [-0.2, 0) is 15.6 Å². The van der Waals surface area contributed by atoms with Crippen LogP contribution in [0.4, 0.5) is 0 Å². The average molecular weight is 302 g/mol. The van der Waals surface area contributed by atoms with Gasteiger partial charge in [-0.3, -0.25) is 0 Å². The van der Waals surface area contributed by atoms with Gasteiger partial charge in [0, 0.05) is 13.1 Å². The zero-order valence-electron chi connectivity index (χ0n) is 12.1. The third kappa shape index (κ3) is 3.36. The zero-order valence-corrected chi connectivity index (χ0v) is 12.9. The van der Waals surface area contributed by atoms with Crippen molar-refractivity contribution >= 4 is 10.0 Å². The molecule has 0 aliphatic carbocycles. The summed E-state index contributed by atoms with van der Waals surface area (Å²) in [4.78, 5) is 0. The molecule has 0 bridgehead atoms. The molecule has 1 fully saturated rings. The zero-order chi connectivity index (χ0) is 15.0. The number of H-pyrrole nitrogens is 1. The maximum absolute atomic E-state index is 12.3. The van der Waals surface area contributed by atoms with Crippen molar-refractivity contribution in [3.05, 3.63) is 11.9 Å². The van der Waals surface area contributed by atoms with Crippen molar-refractivity contribution in [1.29, 1.82) is 0 Å². The van der Waals surface area contributed by atoms with E-state index in [-0.39, 0.29) is 17.7 Å². The maximum atomic E-state index is 12.3. The Morgan fingerprint density at radius 1 is 1.50 bits per heavy atom. The van der Waals surface area contributed by atoms with Crippen LogP contribution in [0.3, 0.4) is 0 Å². The molecule has 2 N–H and O–H groups in total. The molecule has 8 heteroatoms. The van der Waals surface area contributed by atoms with Gasteiger partial charge in [-0.1, -0.05) is 20.8 Å². The monoisotopic (exact) mass is 302 g/mol. The van der Waals surface area contributed by atoms with E-state index in [0.29, 0.717) is 25.1 Å². The summed E-state index contributed by atoms with van der Waals surface area (Å²) in [7, 11) is -3.34. The highest BCUT2D eigenvalue weighted by molar-refractivity contribution is 7.89. The van der Waals surface area contributed by atoms with Crippen molar-refractivity contribution in [3.8, 4) is 0 Å². The molecule has 0 amide bonds. The van der Waals surface area contributed by atoms with Crippen LogP contribution in [0.15, 0.2) is 6.20 Å². The number of aromatic nitrogens is 3. The fourth-order valence-corrected chi connectivity index (χ4v) is 4.10. The van der Waals surface area contributed by atoms with Crippen molar-refractivity contribution in [2.24, 2.45) is 5.41 Å². The number of β-amino-alcohol motifs (C(OH)–C–C–N with tert-alkyl or cyclic N) is 1. The van der Waals surface area contributed by atoms with Gasteiger partial charge in [-0.25, -0.2) is 8.42 Å². The first-order valence-corrected chi connectivity index (χ1v) is 8.30. The third-order valence-electron chi connectivity index (χ3n) is 3.61. The maximum Gasteiger partial charge on any atom is 0.214 e. The molecule has 2 heterocycles. The Balaban J connectivity index is 2.05. The lowest BCUT2D eigenvalue weighted by Crippen LogP contribution is -2.36. The van der Waals surface area contributed by atoms with Crippen LogP contribution in [0.5, 0.6) is 0 Å². The molecule has 7 nitrogen and oxygen atoms in total. The van der Waals surface area contributed by atoms with Crippen molar-refractivity contribution in [3.63, 3.8) is 0 Å². The smallest absolute Gasteiger partial charge is 0.214 e. The molecule has 20 heavy (non-hydrogen) atoms. The number of aliphatic hydroxyl groups is 1. The molecule has 1 aliphatic heterocycles. The Bertz CT molecular complexity index is 550. The molecular formula is C12H22N4O3S. The second-order valence-electron chi connectivity index (χ2n) is 6.60. The van der Waals surface area contributed by atoms with Crippen LogP contribution in [-0.4, -0.2) is 52.1 Å². The summed E-state index contributed by atoms with van der Waals surface area (Å²) in [5.41, 5.74) is -0.872. The molecule has 1 aromatic rings. The van der Waals surface area contributed by atoms with Crippen LogP contribution < -0.4 is 0 Å². The summed E-state index contributed by atoms with van der Waals surface area (Å²) in [5, 5.41) is 20.5. The highest BCUT2D eigenvalue weighted by Gasteiger charge is 2.44. The predicted octanol–water partition coefficient (Wildman–Crippen LogP) is 0.464. The molecule has 0 saturated carbocycles. The molecule has 0 radical (unpaired) electrons. The van der Waals surface area contributed by atoms with Gasteiger partial charge < -0.3 is 5.11 Å². The van der Waals surface area contributed by atoms with E-state index in [1.165, 1.54) is 10.5 Å². The second kappa shape index (κ2) is 5.09. The second-order valence-corrected chi connectivity index (χ2v) is 8.69. The van der Waals surface area contributed by atoms with E-state index in [2.05, 4.69) is 15.4 Å². The first-order chi connectivity index (χ1) is 9.12. The summed E-state index contributed by atoms with van der Waals surface area (Å²) in [6, 6.07) is 0. The Morgan fingerprint density at radius 3 is 2.75 bits per heavy atom. The standard InChI is InChI=1S/C12H22N4O3S/c1-11(2,3)5-7-20(18,19)16-6-4-12(17,9-16)10-8-13-15-14-10/h8,17H,4-7,9H2,1-3H3,(H,13,14,15). The highest BCUT2D eigenvalue weighted by Crippen LogP contribution is 2.32.